The van der Waals surface area contributed by atoms with Gasteiger partial charge in [-0.15, -0.1) is 0 Å². The van der Waals surface area contributed by atoms with Crippen LogP contribution in [-0.4, -0.2) is 15.1 Å². The number of rotatable bonds is 2. The highest BCUT2D eigenvalue weighted by Gasteiger charge is 2.10. The molecule has 2 aromatic rings. The number of hydrogen-bond donors (Lipinski definition) is 1. The molecule has 0 aliphatic heterocycles. The number of aromatic nitrogens is 2. The van der Waals surface area contributed by atoms with Crippen molar-refractivity contribution in [1.82, 2.24) is 9.97 Å². The summed E-state index contributed by atoms with van der Waals surface area (Å²) < 4.78 is 0.893. The zero-order chi connectivity index (χ0) is 10.7. The Hall–Kier alpha value is -1.26. The lowest BCUT2D eigenvalue weighted by atomic mass is 10.1. The van der Waals surface area contributed by atoms with Crippen molar-refractivity contribution < 1.29 is 5.11 Å². The number of aliphatic hydroxyl groups is 1. The molecule has 1 N–H and O–H groups in total. The summed E-state index contributed by atoms with van der Waals surface area (Å²) in [5.74, 6) is 0. The highest BCUT2D eigenvalue weighted by atomic mass is 79.9. The lowest BCUT2D eigenvalue weighted by molar-refractivity contribution is 0.215. The second kappa shape index (κ2) is 4.51. The molecule has 0 unspecified atom stereocenters. The molecular weight excluding hydrogens is 256 g/mol. The maximum absolute atomic E-state index is 9.96. The lowest BCUT2D eigenvalue weighted by Gasteiger charge is -2.09. The van der Waals surface area contributed by atoms with Crippen molar-refractivity contribution in [1.29, 1.82) is 0 Å². The van der Waals surface area contributed by atoms with Crippen LogP contribution in [0.15, 0.2) is 47.3 Å². The monoisotopic (exact) mass is 264 g/mol. The van der Waals surface area contributed by atoms with E-state index in [0.29, 0.717) is 5.69 Å². The van der Waals surface area contributed by atoms with Crippen molar-refractivity contribution in [3.05, 3.63) is 58.6 Å². The van der Waals surface area contributed by atoms with Gasteiger partial charge in [0.2, 0.25) is 0 Å². The van der Waals surface area contributed by atoms with Gasteiger partial charge in [0.05, 0.1) is 5.69 Å². The summed E-state index contributed by atoms with van der Waals surface area (Å²) in [6.45, 7) is 0. The first-order chi connectivity index (χ1) is 7.27. The van der Waals surface area contributed by atoms with E-state index in [1.807, 2.05) is 12.1 Å². The van der Waals surface area contributed by atoms with Crippen molar-refractivity contribution in [2.24, 2.45) is 0 Å². The van der Waals surface area contributed by atoms with Crippen LogP contribution >= 0.6 is 15.9 Å². The van der Waals surface area contributed by atoms with E-state index in [1.54, 1.807) is 30.7 Å². The molecule has 0 aliphatic rings. The molecule has 2 aromatic heterocycles. The van der Waals surface area contributed by atoms with Gasteiger partial charge in [0.1, 0.15) is 6.10 Å². The topological polar surface area (TPSA) is 46.0 Å². The van der Waals surface area contributed by atoms with Gasteiger partial charge in [-0.3, -0.25) is 9.97 Å². The Kier molecular flexibility index (Phi) is 3.08. The summed E-state index contributed by atoms with van der Waals surface area (Å²) in [6.07, 6.45) is 4.25. The first-order valence-corrected chi connectivity index (χ1v) is 5.26. The van der Waals surface area contributed by atoms with Gasteiger partial charge in [-0.2, -0.15) is 0 Å². The molecule has 0 aromatic carbocycles. The number of pyridine rings is 2. The first-order valence-electron chi connectivity index (χ1n) is 4.47. The molecule has 2 rings (SSSR count). The molecule has 0 fully saturated rings. The van der Waals surface area contributed by atoms with Crippen LogP contribution in [0.25, 0.3) is 0 Å². The summed E-state index contributed by atoms with van der Waals surface area (Å²) in [7, 11) is 0. The summed E-state index contributed by atoms with van der Waals surface area (Å²) in [5, 5.41) is 9.96. The van der Waals surface area contributed by atoms with E-state index in [9.17, 15) is 5.11 Å². The van der Waals surface area contributed by atoms with Crippen molar-refractivity contribution in [3.8, 4) is 0 Å². The van der Waals surface area contributed by atoms with E-state index < -0.39 is 6.10 Å². The van der Waals surface area contributed by atoms with Crippen molar-refractivity contribution in [2.45, 2.75) is 6.10 Å². The van der Waals surface area contributed by atoms with Crippen molar-refractivity contribution >= 4 is 15.9 Å². The van der Waals surface area contributed by atoms with Gasteiger partial charge in [-0.1, -0.05) is 6.07 Å². The zero-order valence-corrected chi connectivity index (χ0v) is 9.42. The summed E-state index contributed by atoms with van der Waals surface area (Å²) >= 11 is 3.29. The average Bonchev–Trinajstić information content (AvgIpc) is 2.30. The molecule has 0 radical (unpaired) electrons. The normalized spacial score (nSPS) is 12.4. The molecule has 0 spiro atoms. The Morgan fingerprint density at radius 2 is 2.07 bits per heavy atom. The van der Waals surface area contributed by atoms with E-state index in [-0.39, 0.29) is 0 Å². The maximum Gasteiger partial charge on any atom is 0.122 e. The van der Waals surface area contributed by atoms with Crippen LogP contribution in [-0.2, 0) is 0 Å². The molecule has 0 saturated carbocycles. The van der Waals surface area contributed by atoms with Crippen LogP contribution in [0, 0.1) is 0 Å². The van der Waals surface area contributed by atoms with Gasteiger partial charge in [0, 0.05) is 28.6 Å². The van der Waals surface area contributed by atoms with E-state index in [2.05, 4.69) is 25.9 Å². The largest absolute Gasteiger partial charge is 0.382 e. The van der Waals surface area contributed by atoms with Gasteiger partial charge in [0.15, 0.2) is 0 Å². The number of nitrogens with zero attached hydrogens (tertiary/aromatic N) is 2. The average molecular weight is 265 g/mol. The van der Waals surface area contributed by atoms with Crippen molar-refractivity contribution in [3.63, 3.8) is 0 Å². The Bertz CT molecular complexity index is 430. The lowest BCUT2D eigenvalue weighted by Crippen LogP contribution is -2.02. The molecule has 0 saturated heterocycles. The molecule has 0 aliphatic carbocycles. The molecule has 0 amide bonds. The SMILES string of the molecule is O[C@@H](c1cccnc1)c1ccc(Br)cn1. The van der Waals surface area contributed by atoms with E-state index >= 15 is 0 Å². The smallest absolute Gasteiger partial charge is 0.122 e. The van der Waals surface area contributed by atoms with Crippen LogP contribution in [0.2, 0.25) is 0 Å². The standard InChI is InChI=1S/C11H9BrN2O/c12-9-3-4-10(14-7-9)11(15)8-2-1-5-13-6-8/h1-7,11,15H/t11-/m0/s1. The highest BCUT2D eigenvalue weighted by molar-refractivity contribution is 9.10. The fourth-order valence-corrected chi connectivity index (χ4v) is 1.49. The highest BCUT2D eigenvalue weighted by Crippen LogP contribution is 2.20. The number of aliphatic hydroxyl groups excluding tert-OH is 1. The van der Waals surface area contributed by atoms with E-state index in [4.69, 9.17) is 0 Å². The van der Waals surface area contributed by atoms with Crippen molar-refractivity contribution in [2.75, 3.05) is 0 Å². The van der Waals surface area contributed by atoms with Crippen LogP contribution in [0.3, 0.4) is 0 Å². The Morgan fingerprint density at radius 3 is 2.67 bits per heavy atom. The fourth-order valence-electron chi connectivity index (χ4n) is 1.26. The number of hydrogen-bond acceptors (Lipinski definition) is 3. The molecule has 1 atom stereocenters. The second-order valence-electron chi connectivity index (χ2n) is 3.09. The predicted octanol–water partition coefficient (Wildman–Crippen LogP) is 2.32. The van der Waals surface area contributed by atoms with E-state index in [1.165, 1.54) is 0 Å². The molecule has 2 heterocycles. The summed E-state index contributed by atoms with van der Waals surface area (Å²) in [4.78, 5) is 8.08. The third-order valence-electron chi connectivity index (χ3n) is 2.03. The third-order valence-corrected chi connectivity index (χ3v) is 2.50. The maximum atomic E-state index is 9.96. The van der Waals surface area contributed by atoms with Crippen LogP contribution in [0.1, 0.15) is 17.4 Å². The molecule has 15 heavy (non-hydrogen) atoms. The molecule has 3 nitrogen and oxygen atoms in total. The fraction of sp³-hybridized carbons (Fsp3) is 0.0909. The number of halogens is 1. The van der Waals surface area contributed by atoms with Crippen LogP contribution in [0.4, 0.5) is 0 Å². The minimum Gasteiger partial charge on any atom is -0.382 e. The van der Waals surface area contributed by atoms with E-state index in [0.717, 1.165) is 10.0 Å². The van der Waals surface area contributed by atoms with Gasteiger partial charge in [0.25, 0.3) is 0 Å². The Morgan fingerprint density at radius 1 is 1.20 bits per heavy atom. The Balaban J connectivity index is 2.29. The molecule has 4 heteroatoms. The molecule has 76 valence electrons. The molecule has 0 bridgehead atoms. The first kappa shape index (κ1) is 10.3. The summed E-state index contributed by atoms with van der Waals surface area (Å²) in [5.41, 5.74) is 1.36. The van der Waals surface area contributed by atoms with Gasteiger partial charge in [-0.05, 0) is 34.1 Å². The molecular formula is C11H9BrN2O. The Labute approximate surface area is 96.0 Å². The van der Waals surface area contributed by atoms with Crippen LogP contribution < -0.4 is 0 Å². The van der Waals surface area contributed by atoms with Gasteiger partial charge < -0.3 is 5.11 Å². The van der Waals surface area contributed by atoms with Crippen LogP contribution in [0.5, 0.6) is 0 Å². The zero-order valence-electron chi connectivity index (χ0n) is 7.84. The second-order valence-corrected chi connectivity index (χ2v) is 4.01. The summed E-state index contributed by atoms with van der Waals surface area (Å²) in [6, 6.07) is 7.24. The third kappa shape index (κ3) is 2.40. The minimum absolute atomic E-state index is 0.617. The quantitative estimate of drug-likeness (QED) is 0.906. The van der Waals surface area contributed by atoms with Gasteiger partial charge >= 0.3 is 0 Å². The van der Waals surface area contributed by atoms with Gasteiger partial charge in [-0.25, -0.2) is 0 Å². The predicted molar refractivity (Wildman–Crippen MR) is 60.2 cm³/mol. The minimum atomic E-state index is -0.716.